The summed E-state index contributed by atoms with van der Waals surface area (Å²) in [6.07, 6.45) is 2.61. The molecule has 1 heterocycles. The zero-order chi connectivity index (χ0) is 8.73. The van der Waals surface area contributed by atoms with E-state index in [4.69, 9.17) is 4.74 Å². The summed E-state index contributed by atoms with van der Waals surface area (Å²) in [4.78, 5) is 0. The molecule has 0 spiro atoms. The van der Waals surface area contributed by atoms with Crippen molar-refractivity contribution in [2.75, 3.05) is 13.2 Å². The van der Waals surface area contributed by atoms with Crippen molar-refractivity contribution in [1.29, 1.82) is 0 Å². The lowest BCUT2D eigenvalue weighted by Crippen LogP contribution is -2.09. The van der Waals surface area contributed by atoms with Crippen LogP contribution in [-0.2, 0) is 11.2 Å². The molecule has 0 amide bonds. The Morgan fingerprint density at radius 2 is 2.15 bits per heavy atom. The molecule has 0 radical (unpaired) electrons. The number of hydrogen-bond donors (Lipinski definition) is 0. The number of ether oxygens (including phenoxy) is 1. The lowest BCUT2D eigenvalue weighted by molar-refractivity contribution is 0.146. The van der Waals surface area contributed by atoms with E-state index in [9.17, 15) is 0 Å². The van der Waals surface area contributed by atoms with Crippen LogP contribution in [0.4, 0.5) is 0 Å². The fraction of sp³-hybridized carbons (Fsp3) is 0.500. The Hall–Kier alpha value is -0.820. The average Bonchev–Trinajstić information content (AvgIpc) is 2.69. The summed E-state index contributed by atoms with van der Waals surface area (Å²) in [7, 11) is 0. The Bertz CT molecular complexity index is 306. The minimum absolute atomic E-state index is 0.543. The highest BCUT2D eigenvalue weighted by molar-refractivity contribution is 5.21. The summed E-state index contributed by atoms with van der Waals surface area (Å²) >= 11 is 0. The van der Waals surface area contributed by atoms with E-state index in [1.807, 2.05) is 0 Å². The summed E-state index contributed by atoms with van der Waals surface area (Å²) in [5.41, 5.74) is 2.01. The zero-order valence-corrected chi connectivity index (χ0v) is 7.70. The second-order valence-electron chi connectivity index (χ2n) is 4.44. The third kappa shape index (κ3) is 1.19. The first-order chi connectivity index (χ1) is 6.39. The van der Waals surface area contributed by atoms with Crippen LogP contribution in [0.1, 0.15) is 12.0 Å². The van der Waals surface area contributed by atoms with E-state index in [-0.39, 0.29) is 0 Å². The fourth-order valence-corrected chi connectivity index (χ4v) is 2.52. The van der Waals surface area contributed by atoms with Crippen molar-refractivity contribution in [1.82, 2.24) is 0 Å². The van der Waals surface area contributed by atoms with Gasteiger partial charge in [0.2, 0.25) is 0 Å². The normalized spacial score (nSPS) is 35.8. The molecule has 0 unspecified atom stereocenters. The van der Waals surface area contributed by atoms with Crippen molar-refractivity contribution >= 4 is 0 Å². The molecule has 1 heteroatoms. The molecule has 1 saturated heterocycles. The first-order valence-electron chi connectivity index (χ1n) is 5.01. The molecule has 2 aliphatic rings. The lowest BCUT2D eigenvalue weighted by atomic mass is 9.96. The minimum atomic E-state index is 0.543. The summed E-state index contributed by atoms with van der Waals surface area (Å²) in [5, 5.41) is 0. The topological polar surface area (TPSA) is 9.23 Å². The van der Waals surface area contributed by atoms with Gasteiger partial charge in [0.05, 0.1) is 13.2 Å². The van der Waals surface area contributed by atoms with E-state index < -0.39 is 0 Å². The molecular formula is C12H14O. The highest BCUT2D eigenvalue weighted by Crippen LogP contribution is 2.58. The van der Waals surface area contributed by atoms with E-state index in [2.05, 4.69) is 30.3 Å². The molecule has 2 atom stereocenters. The highest BCUT2D eigenvalue weighted by Gasteiger charge is 2.57. The van der Waals surface area contributed by atoms with Gasteiger partial charge in [0.25, 0.3) is 0 Å². The van der Waals surface area contributed by atoms with Crippen LogP contribution in [0.3, 0.4) is 0 Å². The number of benzene rings is 1. The Balaban J connectivity index is 1.77. The molecule has 1 nitrogen and oxygen atoms in total. The molecule has 0 bridgehead atoms. The van der Waals surface area contributed by atoms with Gasteiger partial charge in [0.15, 0.2) is 0 Å². The maximum Gasteiger partial charge on any atom is 0.0529 e. The van der Waals surface area contributed by atoms with Gasteiger partial charge in [-0.25, -0.2) is 0 Å². The van der Waals surface area contributed by atoms with Gasteiger partial charge < -0.3 is 4.74 Å². The van der Waals surface area contributed by atoms with Crippen LogP contribution in [0.25, 0.3) is 0 Å². The molecule has 13 heavy (non-hydrogen) atoms. The quantitative estimate of drug-likeness (QED) is 0.668. The molecule has 0 N–H and O–H groups in total. The fourth-order valence-electron chi connectivity index (χ4n) is 2.52. The second-order valence-corrected chi connectivity index (χ2v) is 4.44. The molecule has 3 rings (SSSR count). The molecule has 1 aliphatic carbocycles. The van der Waals surface area contributed by atoms with E-state index in [0.29, 0.717) is 5.41 Å². The molecule has 2 fully saturated rings. The predicted octanol–water partition coefficient (Wildman–Crippen LogP) is 2.27. The number of hydrogen-bond acceptors (Lipinski definition) is 1. The van der Waals surface area contributed by atoms with Gasteiger partial charge in [-0.3, -0.25) is 0 Å². The molecule has 1 aromatic carbocycles. The summed E-state index contributed by atoms with van der Waals surface area (Å²) in [6, 6.07) is 10.8. The zero-order valence-electron chi connectivity index (χ0n) is 7.70. The van der Waals surface area contributed by atoms with Crippen LogP contribution < -0.4 is 0 Å². The number of fused-ring (bicyclic) bond motifs is 1. The Labute approximate surface area is 78.7 Å². The van der Waals surface area contributed by atoms with Crippen LogP contribution >= 0.6 is 0 Å². The molecule has 1 aliphatic heterocycles. The number of rotatable bonds is 2. The summed E-state index contributed by atoms with van der Waals surface area (Å²) in [6.45, 7) is 2.00. The maximum absolute atomic E-state index is 5.48. The third-order valence-corrected chi connectivity index (χ3v) is 3.47. The SMILES string of the molecule is c1ccc(C[C@@]23COC[C@@H]2C3)cc1. The average molecular weight is 174 g/mol. The van der Waals surface area contributed by atoms with Crippen molar-refractivity contribution in [3.63, 3.8) is 0 Å². The van der Waals surface area contributed by atoms with Gasteiger partial charge in [-0.2, -0.15) is 0 Å². The van der Waals surface area contributed by atoms with Crippen LogP contribution in [-0.4, -0.2) is 13.2 Å². The molecule has 1 aromatic rings. The van der Waals surface area contributed by atoms with Gasteiger partial charge in [-0.1, -0.05) is 30.3 Å². The standard InChI is InChI=1S/C12H14O/c1-2-4-10(5-3-1)6-12-7-11(12)8-13-9-12/h1-5,11H,6-9H2/t11-,12+/m0/s1. The van der Waals surface area contributed by atoms with Gasteiger partial charge >= 0.3 is 0 Å². The first kappa shape index (κ1) is 7.57. The van der Waals surface area contributed by atoms with Gasteiger partial charge in [-0.05, 0) is 24.3 Å². The van der Waals surface area contributed by atoms with E-state index in [1.54, 1.807) is 0 Å². The molecular weight excluding hydrogens is 160 g/mol. The third-order valence-electron chi connectivity index (χ3n) is 3.47. The van der Waals surface area contributed by atoms with Crippen LogP contribution in [0, 0.1) is 11.3 Å². The van der Waals surface area contributed by atoms with E-state index in [0.717, 1.165) is 19.1 Å². The van der Waals surface area contributed by atoms with Crippen molar-refractivity contribution in [2.24, 2.45) is 11.3 Å². The first-order valence-corrected chi connectivity index (χ1v) is 5.01. The van der Waals surface area contributed by atoms with Crippen LogP contribution in [0.2, 0.25) is 0 Å². The van der Waals surface area contributed by atoms with Crippen molar-refractivity contribution < 1.29 is 4.74 Å². The van der Waals surface area contributed by atoms with Crippen LogP contribution in [0.15, 0.2) is 30.3 Å². The van der Waals surface area contributed by atoms with Gasteiger partial charge in [0.1, 0.15) is 0 Å². The Kier molecular flexibility index (Phi) is 1.50. The van der Waals surface area contributed by atoms with Gasteiger partial charge in [0, 0.05) is 5.41 Å². The molecule has 68 valence electrons. The monoisotopic (exact) mass is 174 g/mol. The largest absolute Gasteiger partial charge is 0.381 e. The summed E-state index contributed by atoms with van der Waals surface area (Å²) < 4.78 is 5.48. The maximum atomic E-state index is 5.48. The van der Waals surface area contributed by atoms with E-state index in [1.165, 1.54) is 18.4 Å². The Morgan fingerprint density at radius 3 is 2.77 bits per heavy atom. The van der Waals surface area contributed by atoms with Crippen molar-refractivity contribution in [3.8, 4) is 0 Å². The van der Waals surface area contributed by atoms with Crippen molar-refractivity contribution in [2.45, 2.75) is 12.8 Å². The minimum Gasteiger partial charge on any atom is -0.381 e. The molecule has 1 saturated carbocycles. The second kappa shape index (κ2) is 2.58. The van der Waals surface area contributed by atoms with Gasteiger partial charge in [-0.15, -0.1) is 0 Å². The highest BCUT2D eigenvalue weighted by atomic mass is 16.5. The Morgan fingerprint density at radius 1 is 1.31 bits per heavy atom. The van der Waals surface area contributed by atoms with Crippen molar-refractivity contribution in [3.05, 3.63) is 35.9 Å². The smallest absolute Gasteiger partial charge is 0.0529 e. The lowest BCUT2D eigenvalue weighted by Gasteiger charge is -2.10. The van der Waals surface area contributed by atoms with Crippen LogP contribution in [0.5, 0.6) is 0 Å². The predicted molar refractivity (Wildman–Crippen MR) is 51.5 cm³/mol. The summed E-state index contributed by atoms with van der Waals surface area (Å²) in [5.74, 6) is 0.868. The van der Waals surface area contributed by atoms with E-state index >= 15 is 0 Å². The molecule has 0 aromatic heterocycles.